The van der Waals surface area contributed by atoms with Crippen LogP contribution >= 0.6 is 0 Å². The highest BCUT2D eigenvalue weighted by Gasteiger charge is 2.36. The molecule has 182 valence electrons. The lowest BCUT2D eigenvalue weighted by molar-refractivity contribution is -0.136. The zero-order valence-electron chi connectivity index (χ0n) is 19.0. The summed E-state index contributed by atoms with van der Waals surface area (Å²) in [5.74, 6) is -0.376. The molecule has 5 aromatic rings. The molecule has 0 aliphatic rings. The number of halogens is 3. The maximum absolute atomic E-state index is 13.7. The van der Waals surface area contributed by atoms with E-state index in [1.807, 2.05) is 30.3 Å². The Bertz CT molecular complexity index is 1570. The third-order valence-electron chi connectivity index (χ3n) is 5.74. The first-order chi connectivity index (χ1) is 17.2. The quantitative estimate of drug-likeness (QED) is 0.368. The number of nitrogens with two attached hydrogens (primary N) is 1. The molecule has 0 aliphatic heterocycles. The van der Waals surface area contributed by atoms with Crippen LogP contribution in [0.1, 0.15) is 27.0 Å². The van der Waals surface area contributed by atoms with Gasteiger partial charge < -0.3 is 11.1 Å². The van der Waals surface area contributed by atoms with Gasteiger partial charge in [-0.2, -0.15) is 23.4 Å². The van der Waals surface area contributed by atoms with Crippen molar-refractivity contribution in [1.29, 1.82) is 0 Å². The number of carbonyl (C=O) groups excluding carboxylic acids is 1. The van der Waals surface area contributed by atoms with Gasteiger partial charge in [0.05, 0.1) is 17.8 Å². The SMILES string of the molecule is Cc1ccc(-c2cc(C(F)(F)F)c3c(N)ncnn23)cc1C(=O)Nc1ccn(Cc2ccccc2)n1. The number of alkyl halides is 3. The smallest absolute Gasteiger partial charge is 0.382 e. The number of benzene rings is 2. The highest BCUT2D eigenvalue weighted by atomic mass is 19.4. The van der Waals surface area contributed by atoms with E-state index in [1.54, 1.807) is 36.0 Å². The minimum atomic E-state index is -4.66. The maximum atomic E-state index is 13.7. The summed E-state index contributed by atoms with van der Waals surface area (Å²) in [6, 6.07) is 17.2. The minimum Gasteiger partial charge on any atom is -0.382 e. The molecule has 0 aliphatic carbocycles. The molecule has 0 saturated carbocycles. The number of nitrogens with zero attached hydrogens (tertiary/aromatic N) is 5. The van der Waals surface area contributed by atoms with E-state index in [4.69, 9.17) is 5.73 Å². The summed E-state index contributed by atoms with van der Waals surface area (Å²) in [5.41, 5.74) is 6.94. The van der Waals surface area contributed by atoms with Gasteiger partial charge in [0.1, 0.15) is 11.8 Å². The van der Waals surface area contributed by atoms with Crippen LogP contribution in [0.5, 0.6) is 0 Å². The third-order valence-corrected chi connectivity index (χ3v) is 5.74. The summed E-state index contributed by atoms with van der Waals surface area (Å²) in [4.78, 5) is 16.8. The number of rotatable bonds is 5. The molecule has 0 radical (unpaired) electrons. The van der Waals surface area contributed by atoms with Crippen LogP contribution in [0.3, 0.4) is 0 Å². The van der Waals surface area contributed by atoms with Crippen LogP contribution in [0.4, 0.5) is 24.8 Å². The first-order valence-electron chi connectivity index (χ1n) is 10.9. The van der Waals surface area contributed by atoms with Gasteiger partial charge in [0.2, 0.25) is 0 Å². The average molecular weight is 491 g/mol. The lowest BCUT2D eigenvalue weighted by Gasteiger charge is -2.09. The van der Waals surface area contributed by atoms with Gasteiger partial charge in [0, 0.05) is 23.4 Å². The van der Waals surface area contributed by atoms with Gasteiger partial charge in [-0.05, 0) is 30.2 Å². The minimum absolute atomic E-state index is 0.132. The standard InChI is InChI=1S/C25H20F3N7O/c1-15-7-8-17(20-12-19(25(26,27)28)22-23(29)30-14-31-35(20)22)11-18(15)24(36)32-21-9-10-34(33-21)13-16-5-3-2-4-6-16/h2-12,14H,13H2,1H3,(H2,29,30,31)(H,32,33,36). The highest BCUT2D eigenvalue weighted by Crippen LogP contribution is 2.38. The van der Waals surface area contributed by atoms with Crippen LogP contribution in [0.15, 0.2) is 73.2 Å². The van der Waals surface area contributed by atoms with Gasteiger partial charge in [0.25, 0.3) is 5.91 Å². The number of aryl methyl sites for hydroxylation is 1. The predicted octanol–water partition coefficient (Wildman–Crippen LogP) is 4.80. The van der Waals surface area contributed by atoms with Crippen LogP contribution in [-0.2, 0) is 12.7 Å². The zero-order valence-corrected chi connectivity index (χ0v) is 19.0. The molecule has 11 heteroatoms. The monoisotopic (exact) mass is 491 g/mol. The van der Waals surface area contributed by atoms with Crippen molar-refractivity contribution < 1.29 is 18.0 Å². The first kappa shape index (κ1) is 23.1. The van der Waals surface area contributed by atoms with E-state index in [-0.39, 0.29) is 22.6 Å². The topological polar surface area (TPSA) is 103 Å². The Balaban J connectivity index is 1.45. The van der Waals surface area contributed by atoms with Crippen molar-refractivity contribution in [2.45, 2.75) is 19.6 Å². The maximum Gasteiger partial charge on any atom is 0.418 e. The largest absolute Gasteiger partial charge is 0.418 e. The molecular weight excluding hydrogens is 471 g/mol. The van der Waals surface area contributed by atoms with Crippen LogP contribution < -0.4 is 11.1 Å². The molecule has 0 saturated heterocycles. The molecule has 3 N–H and O–H groups in total. The third kappa shape index (κ3) is 4.38. The van der Waals surface area contributed by atoms with Gasteiger partial charge in [0.15, 0.2) is 11.6 Å². The Morgan fingerprint density at radius 3 is 2.61 bits per heavy atom. The number of anilines is 2. The van der Waals surface area contributed by atoms with Crippen LogP contribution in [0, 0.1) is 6.92 Å². The van der Waals surface area contributed by atoms with Crippen LogP contribution in [0.25, 0.3) is 16.8 Å². The highest BCUT2D eigenvalue weighted by molar-refractivity contribution is 6.05. The van der Waals surface area contributed by atoms with E-state index in [0.29, 0.717) is 23.5 Å². The predicted molar refractivity (Wildman–Crippen MR) is 128 cm³/mol. The average Bonchev–Trinajstić information content (AvgIpc) is 3.45. The number of fused-ring (bicyclic) bond motifs is 1. The normalized spacial score (nSPS) is 11.7. The second-order valence-electron chi connectivity index (χ2n) is 8.21. The summed E-state index contributed by atoms with van der Waals surface area (Å²) in [7, 11) is 0. The molecule has 36 heavy (non-hydrogen) atoms. The summed E-state index contributed by atoms with van der Waals surface area (Å²) >= 11 is 0. The van der Waals surface area contributed by atoms with E-state index in [1.165, 1.54) is 6.07 Å². The molecule has 3 heterocycles. The molecule has 0 spiro atoms. The number of amides is 1. The number of carbonyl (C=O) groups is 1. The number of aromatic nitrogens is 5. The first-order valence-corrected chi connectivity index (χ1v) is 10.9. The molecule has 2 aromatic carbocycles. The van der Waals surface area contributed by atoms with Crippen molar-refractivity contribution in [3.8, 4) is 11.3 Å². The second-order valence-corrected chi connectivity index (χ2v) is 8.21. The zero-order chi connectivity index (χ0) is 25.4. The fourth-order valence-corrected chi connectivity index (χ4v) is 3.99. The second kappa shape index (κ2) is 8.84. The lowest BCUT2D eigenvalue weighted by atomic mass is 10.0. The molecule has 3 aromatic heterocycles. The van der Waals surface area contributed by atoms with Crippen LogP contribution in [0.2, 0.25) is 0 Å². The van der Waals surface area contributed by atoms with Crippen LogP contribution in [-0.4, -0.2) is 30.3 Å². The van der Waals surface area contributed by atoms with Gasteiger partial charge in [-0.15, -0.1) is 0 Å². The number of nitrogens with one attached hydrogen (secondary N) is 1. The van der Waals surface area contributed by atoms with Crippen molar-refractivity contribution in [2.75, 3.05) is 11.1 Å². The van der Waals surface area contributed by atoms with E-state index in [2.05, 4.69) is 20.5 Å². The van der Waals surface area contributed by atoms with E-state index >= 15 is 0 Å². The Morgan fingerprint density at radius 1 is 1.08 bits per heavy atom. The number of hydrogen-bond acceptors (Lipinski definition) is 5. The van der Waals surface area contributed by atoms with Gasteiger partial charge in [-0.25, -0.2) is 9.50 Å². The summed E-state index contributed by atoms with van der Waals surface area (Å²) < 4.78 is 43.8. The number of hydrogen-bond donors (Lipinski definition) is 2. The molecule has 5 rings (SSSR count). The Hall–Kier alpha value is -4.67. The molecule has 0 fully saturated rings. The molecule has 0 unspecified atom stereocenters. The number of nitrogen functional groups attached to an aromatic ring is 1. The molecule has 0 bridgehead atoms. The van der Waals surface area contributed by atoms with E-state index < -0.39 is 17.6 Å². The van der Waals surface area contributed by atoms with Gasteiger partial charge >= 0.3 is 6.18 Å². The molecule has 1 amide bonds. The van der Waals surface area contributed by atoms with Crippen molar-refractivity contribution in [1.82, 2.24) is 24.4 Å². The van der Waals surface area contributed by atoms with Crippen molar-refractivity contribution >= 4 is 23.1 Å². The van der Waals surface area contributed by atoms with E-state index in [9.17, 15) is 18.0 Å². The van der Waals surface area contributed by atoms with Gasteiger partial charge in [-0.1, -0.05) is 42.5 Å². The summed E-state index contributed by atoms with van der Waals surface area (Å²) in [6.45, 7) is 2.28. The molecular formula is C25H20F3N7O. The van der Waals surface area contributed by atoms with Crippen molar-refractivity contribution in [2.24, 2.45) is 0 Å². The summed E-state index contributed by atoms with van der Waals surface area (Å²) in [5, 5.41) is 11.1. The fourth-order valence-electron chi connectivity index (χ4n) is 3.99. The fraction of sp³-hybridized carbons (Fsp3) is 0.120. The Labute approximate surface area is 203 Å². The lowest BCUT2D eigenvalue weighted by Crippen LogP contribution is -2.14. The molecule has 0 atom stereocenters. The van der Waals surface area contributed by atoms with E-state index in [0.717, 1.165) is 22.5 Å². The Kier molecular flexibility index (Phi) is 5.67. The van der Waals surface area contributed by atoms with Crippen molar-refractivity contribution in [3.63, 3.8) is 0 Å². The Morgan fingerprint density at radius 2 is 1.86 bits per heavy atom. The molecule has 8 nitrogen and oxygen atoms in total. The van der Waals surface area contributed by atoms with Crippen molar-refractivity contribution in [3.05, 3.63) is 95.4 Å². The summed E-state index contributed by atoms with van der Waals surface area (Å²) in [6.07, 6.45) is -1.83. The van der Waals surface area contributed by atoms with Gasteiger partial charge in [-0.3, -0.25) is 9.48 Å².